The largest absolute Gasteiger partial charge is 0.474 e. The summed E-state index contributed by atoms with van der Waals surface area (Å²) in [5, 5.41) is 0. The topological polar surface area (TPSA) is 51.2 Å². The molecule has 21 heavy (non-hydrogen) atoms. The van der Waals surface area contributed by atoms with Gasteiger partial charge in [0.1, 0.15) is 11.9 Å². The van der Waals surface area contributed by atoms with Gasteiger partial charge >= 0.3 is 0 Å². The van der Waals surface area contributed by atoms with Gasteiger partial charge in [0.05, 0.1) is 0 Å². The lowest BCUT2D eigenvalue weighted by atomic mass is 9.90. The second-order valence-corrected chi connectivity index (χ2v) is 6.50. The number of ether oxygens (including phenoxy) is 1. The van der Waals surface area contributed by atoms with Gasteiger partial charge in [-0.05, 0) is 18.2 Å². The molecule has 0 amide bonds. The van der Waals surface area contributed by atoms with E-state index in [-0.39, 0.29) is 12.0 Å². The average Bonchev–Trinajstić information content (AvgIpc) is 2.43. The third kappa shape index (κ3) is 5.00. The van der Waals surface area contributed by atoms with Crippen molar-refractivity contribution in [1.82, 2.24) is 9.71 Å². The van der Waals surface area contributed by atoms with E-state index < -0.39 is 0 Å². The minimum Gasteiger partial charge on any atom is -0.474 e. The number of pyridine rings is 1. The molecule has 0 aromatic carbocycles. The molecule has 2 rings (SSSR count). The first-order valence-corrected chi connectivity index (χ1v) is 8.73. The molecule has 0 bridgehead atoms. The predicted octanol–water partition coefficient (Wildman–Crippen LogP) is 3.02. The van der Waals surface area contributed by atoms with E-state index in [1.807, 2.05) is 38.4 Å². The molecule has 1 saturated carbocycles. The van der Waals surface area contributed by atoms with Crippen LogP contribution in [0.1, 0.15) is 38.7 Å². The third-order valence-electron chi connectivity index (χ3n) is 3.77. The average molecular weight is 308 g/mol. The Morgan fingerprint density at radius 2 is 2.24 bits per heavy atom. The van der Waals surface area contributed by atoms with Crippen LogP contribution in [0, 0.1) is 5.92 Å². The summed E-state index contributed by atoms with van der Waals surface area (Å²) in [6.45, 7) is 3.88. The lowest BCUT2D eigenvalue weighted by Crippen LogP contribution is -2.44. The molecule has 1 aromatic heterocycles. The normalized spacial score (nSPS) is 21.1. The summed E-state index contributed by atoms with van der Waals surface area (Å²) >= 11 is 1.66. The maximum Gasteiger partial charge on any atom is 0.213 e. The molecule has 0 atom stereocenters. The standard InChI is InChI=1S/C16H24N2O2S/c1-11(2)15(19)6-4-12-5-7-16(17-10-12)20-14-8-13(9-14)18-21-3/h5,7,10-11,13-14,18H,4,6,8-9H2,1-3H3/t13-,14+. The molecule has 0 saturated heterocycles. The predicted molar refractivity (Wildman–Crippen MR) is 86.5 cm³/mol. The molecule has 0 radical (unpaired) electrons. The first-order valence-electron chi connectivity index (χ1n) is 7.51. The molecule has 1 aromatic rings. The van der Waals surface area contributed by atoms with Gasteiger partial charge in [0.2, 0.25) is 5.88 Å². The molecule has 1 N–H and O–H groups in total. The van der Waals surface area contributed by atoms with Gasteiger partial charge in [-0.2, -0.15) is 0 Å². The van der Waals surface area contributed by atoms with Crippen LogP contribution in [0.25, 0.3) is 0 Å². The minimum absolute atomic E-state index is 0.113. The van der Waals surface area contributed by atoms with Crippen LogP contribution in [0.5, 0.6) is 5.88 Å². The third-order valence-corrected chi connectivity index (χ3v) is 4.34. The van der Waals surface area contributed by atoms with Gasteiger partial charge in [0.25, 0.3) is 0 Å². The lowest BCUT2D eigenvalue weighted by molar-refractivity contribution is -0.121. The SMILES string of the molecule is CSN[C@H]1C[C@@H](Oc2ccc(CCC(=O)C(C)C)cn2)C1. The number of hydrogen-bond acceptors (Lipinski definition) is 5. The Kier molecular flexibility index (Phi) is 6.06. The van der Waals surface area contributed by atoms with Crippen molar-refractivity contribution in [2.24, 2.45) is 5.92 Å². The van der Waals surface area contributed by atoms with Gasteiger partial charge in [-0.3, -0.25) is 9.52 Å². The zero-order chi connectivity index (χ0) is 15.2. The Morgan fingerprint density at radius 1 is 1.48 bits per heavy atom. The van der Waals surface area contributed by atoms with E-state index in [4.69, 9.17) is 4.74 Å². The molecule has 0 spiro atoms. The molecule has 116 valence electrons. The number of ketones is 1. The quantitative estimate of drug-likeness (QED) is 0.748. The van der Waals surface area contributed by atoms with Crippen LogP contribution < -0.4 is 9.46 Å². The van der Waals surface area contributed by atoms with Crippen molar-refractivity contribution in [1.29, 1.82) is 0 Å². The molecule has 0 unspecified atom stereocenters. The first kappa shape index (κ1) is 16.3. The number of rotatable bonds is 8. The Bertz CT molecular complexity index is 456. The maximum atomic E-state index is 11.6. The number of aryl methyl sites for hydroxylation is 1. The molecule has 0 aliphatic heterocycles. The number of aromatic nitrogens is 1. The summed E-state index contributed by atoms with van der Waals surface area (Å²) in [6.07, 6.45) is 7.55. The van der Waals surface area contributed by atoms with E-state index in [0.29, 0.717) is 24.1 Å². The molecular weight excluding hydrogens is 284 g/mol. The smallest absolute Gasteiger partial charge is 0.213 e. The summed E-state index contributed by atoms with van der Waals surface area (Å²) in [4.78, 5) is 15.9. The molecule has 5 heteroatoms. The van der Waals surface area contributed by atoms with E-state index in [1.54, 1.807) is 11.9 Å². The highest BCUT2D eigenvalue weighted by Gasteiger charge is 2.30. The molecular formula is C16H24N2O2S. The van der Waals surface area contributed by atoms with E-state index in [0.717, 1.165) is 24.8 Å². The van der Waals surface area contributed by atoms with Crippen LogP contribution in [0.4, 0.5) is 0 Å². The highest BCUT2D eigenvalue weighted by atomic mass is 32.2. The molecule has 1 fully saturated rings. The fraction of sp³-hybridized carbons (Fsp3) is 0.625. The Labute approximate surface area is 131 Å². The van der Waals surface area contributed by atoms with Crippen molar-refractivity contribution in [3.05, 3.63) is 23.9 Å². The monoisotopic (exact) mass is 308 g/mol. The van der Waals surface area contributed by atoms with Crippen molar-refractivity contribution in [2.75, 3.05) is 6.26 Å². The first-order chi connectivity index (χ1) is 10.1. The fourth-order valence-electron chi connectivity index (χ4n) is 2.28. The van der Waals surface area contributed by atoms with Crippen molar-refractivity contribution < 1.29 is 9.53 Å². The zero-order valence-corrected chi connectivity index (χ0v) is 13.8. The van der Waals surface area contributed by atoms with E-state index >= 15 is 0 Å². The van der Waals surface area contributed by atoms with Crippen LogP contribution in [0.3, 0.4) is 0 Å². The second kappa shape index (κ2) is 7.80. The van der Waals surface area contributed by atoms with E-state index in [1.165, 1.54) is 0 Å². The van der Waals surface area contributed by atoms with E-state index in [9.17, 15) is 4.79 Å². The van der Waals surface area contributed by atoms with Gasteiger partial charge in [0, 0.05) is 43.5 Å². The Morgan fingerprint density at radius 3 is 2.81 bits per heavy atom. The van der Waals surface area contributed by atoms with Crippen LogP contribution in [-0.2, 0) is 11.2 Å². The number of nitrogens with one attached hydrogen (secondary N) is 1. The molecule has 1 aliphatic rings. The lowest BCUT2D eigenvalue weighted by Gasteiger charge is -2.34. The fourth-order valence-corrected chi connectivity index (χ4v) is 2.81. The second-order valence-electron chi connectivity index (χ2n) is 5.86. The molecule has 1 heterocycles. The summed E-state index contributed by atoms with van der Waals surface area (Å²) in [5.41, 5.74) is 1.09. The highest BCUT2D eigenvalue weighted by molar-refractivity contribution is 7.96. The zero-order valence-electron chi connectivity index (χ0n) is 13.0. The van der Waals surface area contributed by atoms with Crippen molar-refractivity contribution in [3.63, 3.8) is 0 Å². The summed E-state index contributed by atoms with van der Waals surface area (Å²) in [5.74, 6) is 1.10. The number of Topliss-reactive ketones (excluding diaryl/α,β-unsaturated/α-hetero) is 1. The molecule has 4 nitrogen and oxygen atoms in total. The van der Waals surface area contributed by atoms with E-state index in [2.05, 4.69) is 9.71 Å². The number of carbonyl (C=O) groups excluding carboxylic acids is 1. The Balaban J connectivity index is 1.74. The molecule has 1 aliphatic carbocycles. The summed E-state index contributed by atoms with van der Waals surface area (Å²) in [7, 11) is 0. The summed E-state index contributed by atoms with van der Waals surface area (Å²) < 4.78 is 9.15. The van der Waals surface area contributed by atoms with Gasteiger partial charge in [-0.15, -0.1) is 0 Å². The Hall–Kier alpha value is -1.07. The van der Waals surface area contributed by atoms with Crippen molar-refractivity contribution in [2.45, 2.75) is 51.7 Å². The van der Waals surface area contributed by atoms with Gasteiger partial charge in [-0.1, -0.05) is 31.9 Å². The number of nitrogens with zero attached hydrogens (tertiary/aromatic N) is 1. The number of hydrogen-bond donors (Lipinski definition) is 1. The highest BCUT2D eigenvalue weighted by Crippen LogP contribution is 2.26. The summed E-state index contributed by atoms with van der Waals surface area (Å²) in [6, 6.07) is 4.47. The van der Waals surface area contributed by atoms with Gasteiger partial charge in [-0.25, -0.2) is 4.98 Å². The minimum atomic E-state index is 0.113. The van der Waals surface area contributed by atoms with Crippen LogP contribution in [0.2, 0.25) is 0 Å². The van der Waals surface area contributed by atoms with Crippen LogP contribution in [0.15, 0.2) is 18.3 Å². The number of carbonyl (C=O) groups is 1. The van der Waals surface area contributed by atoms with Crippen molar-refractivity contribution in [3.8, 4) is 5.88 Å². The van der Waals surface area contributed by atoms with Gasteiger partial charge in [0.15, 0.2) is 0 Å². The van der Waals surface area contributed by atoms with Crippen molar-refractivity contribution >= 4 is 17.7 Å². The van der Waals surface area contributed by atoms with Crippen LogP contribution >= 0.6 is 11.9 Å². The van der Waals surface area contributed by atoms with Gasteiger partial charge < -0.3 is 4.74 Å². The van der Waals surface area contributed by atoms with Crippen LogP contribution in [-0.4, -0.2) is 29.2 Å². The maximum absolute atomic E-state index is 11.6.